The second-order valence-corrected chi connectivity index (χ2v) is 8.45. The molecule has 1 aromatic heterocycles. The Morgan fingerprint density at radius 1 is 0.914 bits per heavy atom. The predicted octanol–water partition coefficient (Wildman–Crippen LogP) is 6.01. The number of benzene rings is 3. The standard InChI is InChI=1S/C24H17N5O5S/c1-15(30)35-24-23(17-5-3-2-4-6-17)25-14-21(27-24)16-7-9-18(10-8-16)26-20-12-11-19(28(31)32)13-22(20)29(33)34/h2-14,26H,1H3. The lowest BCUT2D eigenvalue weighted by Crippen LogP contribution is -1.99. The highest BCUT2D eigenvalue weighted by Crippen LogP contribution is 2.33. The zero-order valence-electron chi connectivity index (χ0n) is 18.2. The van der Waals surface area contributed by atoms with Gasteiger partial charge >= 0.3 is 0 Å². The fourth-order valence-corrected chi connectivity index (χ4v) is 3.97. The molecule has 0 saturated carbocycles. The van der Waals surface area contributed by atoms with Crippen LogP contribution < -0.4 is 5.32 Å². The predicted molar refractivity (Wildman–Crippen MR) is 132 cm³/mol. The van der Waals surface area contributed by atoms with Gasteiger partial charge in [-0.3, -0.25) is 30.0 Å². The van der Waals surface area contributed by atoms with Gasteiger partial charge in [-0.25, -0.2) is 4.98 Å². The first kappa shape index (κ1) is 23.5. The summed E-state index contributed by atoms with van der Waals surface area (Å²) >= 11 is 1.00. The Morgan fingerprint density at radius 3 is 2.26 bits per heavy atom. The number of nitro benzene ring substituents is 2. The summed E-state index contributed by atoms with van der Waals surface area (Å²) in [5.41, 5.74) is 2.63. The molecule has 0 fully saturated rings. The smallest absolute Gasteiger partial charge is 0.299 e. The summed E-state index contributed by atoms with van der Waals surface area (Å²) in [4.78, 5) is 41.9. The fraction of sp³-hybridized carbons (Fsp3) is 0.0417. The van der Waals surface area contributed by atoms with Crippen molar-refractivity contribution in [2.24, 2.45) is 0 Å². The zero-order valence-corrected chi connectivity index (χ0v) is 19.1. The van der Waals surface area contributed by atoms with Gasteiger partial charge in [0.25, 0.3) is 11.4 Å². The van der Waals surface area contributed by atoms with Crippen LogP contribution in [-0.2, 0) is 4.79 Å². The lowest BCUT2D eigenvalue weighted by molar-refractivity contribution is -0.393. The third-order valence-corrected chi connectivity index (χ3v) is 5.64. The van der Waals surface area contributed by atoms with Crippen molar-refractivity contribution in [2.75, 3.05) is 5.32 Å². The van der Waals surface area contributed by atoms with E-state index in [1.54, 1.807) is 30.5 Å². The van der Waals surface area contributed by atoms with Crippen LogP contribution in [-0.4, -0.2) is 24.9 Å². The number of carbonyl (C=O) groups is 1. The van der Waals surface area contributed by atoms with E-state index in [1.807, 2.05) is 30.3 Å². The van der Waals surface area contributed by atoms with E-state index < -0.39 is 15.5 Å². The molecule has 0 radical (unpaired) electrons. The average Bonchev–Trinajstić information content (AvgIpc) is 2.84. The van der Waals surface area contributed by atoms with Crippen LogP contribution in [0.15, 0.2) is 84.0 Å². The zero-order chi connectivity index (χ0) is 24.9. The quantitative estimate of drug-likeness (QED) is 0.188. The van der Waals surface area contributed by atoms with Crippen LogP contribution in [0.5, 0.6) is 0 Å². The van der Waals surface area contributed by atoms with Crippen LogP contribution in [0.3, 0.4) is 0 Å². The van der Waals surface area contributed by atoms with E-state index in [9.17, 15) is 25.0 Å². The Kier molecular flexibility index (Phi) is 6.78. The molecule has 1 heterocycles. The van der Waals surface area contributed by atoms with Gasteiger partial charge in [-0.05, 0) is 30.0 Å². The summed E-state index contributed by atoms with van der Waals surface area (Å²) < 4.78 is 0. The van der Waals surface area contributed by atoms with E-state index in [1.165, 1.54) is 19.1 Å². The van der Waals surface area contributed by atoms with Crippen LogP contribution in [0.1, 0.15) is 6.92 Å². The van der Waals surface area contributed by atoms with Crippen LogP contribution in [0.2, 0.25) is 0 Å². The second-order valence-electron chi connectivity index (χ2n) is 7.29. The summed E-state index contributed by atoms with van der Waals surface area (Å²) in [5.74, 6) is 0. The topological polar surface area (TPSA) is 141 Å². The van der Waals surface area contributed by atoms with Crippen LogP contribution in [0.25, 0.3) is 22.5 Å². The van der Waals surface area contributed by atoms with Gasteiger partial charge in [-0.1, -0.05) is 42.5 Å². The summed E-state index contributed by atoms with van der Waals surface area (Å²) in [5, 5.41) is 25.6. The molecule has 10 nitrogen and oxygen atoms in total. The Morgan fingerprint density at radius 2 is 1.63 bits per heavy atom. The number of non-ortho nitro benzene ring substituents is 1. The molecular formula is C24H17N5O5S. The molecule has 4 aromatic rings. The first-order chi connectivity index (χ1) is 16.8. The van der Waals surface area contributed by atoms with E-state index in [-0.39, 0.29) is 16.5 Å². The summed E-state index contributed by atoms with van der Waals surface area (Å²) in [6, 6.07) is 19.8. The second kappa shape index (κ2) is 10.1. The van der Waals surface area contributed by atoms with Gasteiger partial charge in [0, 0.05) is 29.8 Å². The van der Waals surface area contributed by atoms with Crippen molar-refractivity contribution in [3.63, 3.8) is 0 Å². The third-order valence-electron chi connectivity index (χ3n) is 4.88. The SMILES string of the molecule is CC(=O)Sc1nc(-c2ccc(Nc3ccc([N+](=O)[O-])cc3[N+](=O)[O-])cc2)cnc1-c1ccccc1. The molecule has 11 heteroatoms. The van der Waals surface area contributed by atoms with E-state index >= 15 is 0 Å². The van der Waals surface area contributed by atoms with Crippen LogP contribution >= 0.6 is 11.8 Å². The van der Waals surface area contributed by atoms with Crippen molar-refractivity contribution in [1.29, 1.82) is 0 Å². The molecule has 4 rings (SSSR count). The molecular weight excluding hydrogens is 470 g/mol. The molecule has 0 aliphatic carbocycles. The molecule has 0 aliphatic rings. The van der Waals surface area contributed by atoms with Gasteiger partial charge in [-0.2, -0.15) is 0 Å². The molecule has 1 N–H and O–H groups in total. The average molecular weight is 487 g/mol. The van der Waals surface area contributed by atoms with E-state index in [4.69, 9.17) is 0 Å². The van der Waals surface area contributed by atoms with Crippen molar-refractivity contribution in [1.82, 2.24) is 9.97 Å². The van der Waals surface area contributed by atoms with Gasteiger partial charge in [0.2, 0.25) is 0 Å². The summed E-state index contributed by atoms with van der Waals surface area (Å²) in [6.07, 6.45) is 1.62. The van der Waals surface area contributed by atoms with E-state index in [0.29, 0.717) is 22.1 Å². The fourth-order valence-electron chi connectivity index (χ4n) is 3.28. The monoisotopic (exact) mass is 487 g/mol. The maximum absolute atomic E-state index is 11.8. The van der Waals surface area contributed by atoms with Crippen molar-refractivity contribution in [2.45, 2.75) is 11.9 Å². The molecule has 0 unspecified atom stereocenters. The maximum Gasteiger partial charge on any atom is 0.299 e. The van der Waals surface area contributed by atoms with E-state index in [0.717, 1.165) is 29.0 Å². The number of rotatable bonds is 7. The van der Waals surface area contributed by atoms with Crippen LogP contribution in [0, 0.1) is 20.2 Å². The minimum Gasteiger partial charge on any atom is -0.350 e. The largest absolute Gasteiger partial charge is 0.350 e. The third kappa shape index (κ3) is 5.47. The highest BCUT2D eigenvalue weighted by Gasteiger charge is 2.20. The molecule has 35 heavy (non-hydrogen) atoms. The molecule has 0 bridgehead atoms. The van der Waals surface area contributed by atoms with Gasteiger partial charge in [-0.15, -0.1) is 0 Å². The summed E-state index contributed by atoms with van der Waals surface area (Å²) in [6.45, 7) is 1.46. The number of nitrogens with zero attached hydrogens (tertiary/aromatic N) is 4. The Hall–Kier alpha value is -4.64. The Labute approximate surface area is 203 Å². The number of carbonyl (C=O) groups excluding carboxylic acids is 1. The van der Waals surface area contributed by atoms with E-state index in [2.05, 4.69) is 15.3 Å². The Bertz CT molecular complexity index is 1430. The lowest BCUT2D eigenvalue weighted by Gasteiger charge is -2.10. The first-order valence-electron chi connectivity index (χ1n) is 10.2. The van der Waals surface area contributed by atoms with Crippen molar-refractivity contribution in [3.05, 3.63) is 99.2 Å². The highest BCUT2D eigenvalue weighted by atomic mass is 32.2. The van der Waals surface area contributed by atoms with Gasteiger partial charge in [0.05, 0.1) is 27.8 Å². The Balaban J connectivity index is 1.62. The molecule has 0 amide bonds. The summed E-state index contributed by atoms with van der Waals surface area (Å²) in [7, 11) is 0. The maximum atomic E-state index is 11.8. The molecule has 174 valence electrons. The number of aromatic nitrogens is 2. The molecule has 0 saturated heterocycles. The van der Waals surface area contributed by atoms with Gasteiger partial charge in [0.1, 0.15) is 16.4 Å². The minimum atomic E-state index is -0.686. The molecule has 0 aliphatic heterocycles. The normalized spacial score (nSPS) is 10.5. The lowest BCUT2D eigenvalue weighted by atomic mass is 10.1. The molecule has 3 aromatic carbocycles. The number of anilines is 2. The molecule has 0 spiro atoms. The number of hydrogen-bond donors (Lipinski definition) is 1. The molecule has 0 atom stereocenters. The van der Waals surface area contributed by atoms with Crippen molar-refractivity contribution < 1.29 is 14.6 Å². The highest BCUT2D eigenvalue weighted by molar-refractivity contribution is 8.13. The number of nitro groups is 2. The number of thioether (sulfide) groups is 1. The van der Waals surface area contributed by atoms with Gasteiger partial charge < -0.3 is 5.32 Å². The van der Waals surface area contributed by atoms with Crippen molar-refractivity contribution in [3.8, 4) is 22.5 Å². The minimum absolute atomic E-state index is 0.113. The van der Waals surface area contributed by atoms with Gasteiger partial charge in [0.15, 0.2) is 5.12 Å². The van der Waals surface area contributed by atoms with Crippen LogP contribution in [0.4, 0.5) is 22.7 Å². The first-order valence-corrected chi connectivity index (χ1v) is 11.0. The number of hydrogen-bond acceptors (Lipinski definition) is 9. The number of nitrogens with one attached hydrogen (secondary N) is 1. The van der Waals surface area contributed by atoms with Crippen molar-refractivity contribution >= 4 is 39.6 Å².